The molecule has 5 nitrogen and oxygen atoms in total. The van der Waals surface area contributed by atoms with Gasteiger partial charge in [-0.3, -0.25) is 0 Å². The highest BCUT2D eigenvalue weighted by atomic mass is 32.1. The average Bonchev–Trinajstić information content (AvgIpc) is 3.17. The summed E-state index contributed by atoms with van der Waals surface area (Å²) in [6.45, 7) is 0.619. The fraction of sp³-hybridized carbons (Fsp3) is 0.0625. The Balaban J connectivity index is 1.54. The maximum atomic E-state index is 4.61. The monoisotopic (exact) mass is 307 g/mol. The van der Waals surface area contributed by atoms with Crippen molar-refractivity contribution in [2.45, 2.75) is 6.54 Å². The first-order chi connectivity index (χ1) is 10.9. The third-order valence-electron chi connectivity index (χ3n) is 3.31. The number of anilines is 2. The molecule has 0 amide bonds. The lowest BCUT2D eigenvalue weighted by molar-refractivity contribution is 0.661. The lowest BCUT2D eigenvalue weighted by Gasteiger charge is -2.01. The lowest BCUT2D eigenvalue weighted by Crippen LogP contribution is -2.02. The summed E-state index contributed by atoms with van der Waals surface area (Å²) in [6.07, 6.45) is 0. The molecule has 0 bridgehead atoms. The largest absolute Gasteiger partial charge is 0.332 e. The predicted octanol–water partition coefficient (Wildman–Crippen LogP) is 3.68. The van der Waals surface area contributed by atoms with Crippen LogP contribution in [0, 0.1) is 0 Å². The second-order valence-corrected chi connectivity index (χ2v) is 5.73. The molecular formula is C16H13N5S. The maximum Gasteiger partial charge on any atom is 0.187 e. The minimum atomic E-state index is 0.619. The highest BCUT2D eigenvalue weighted by Gasteiger charge is 2.07. The van der Waals surface area contributed by atoms with Gasteiger partial charge in [0.1, 0.15) is 5.52 Å². The van der Waals surface area contributed by atoms with Crippen molar-refractivity contribution < 1.29 is 0 Å². The Bertz CT molecular complexity index is 897. The summed E-state index contributed by atoms with van der Waals surface area (Å²) >= 11 is 1.59. The van der Waals surface area contributed by atoms with Crippen molar-refractivity contribution in [3.63, 3.8) is 0 Å². The van der Waals surface area contributed by atoms with Gasteiger partial charge in [0.25, 0.3) is 0 Å². The van der Waals surface area contributed by atoms with Crippen LogP contribution in [0.2, 0.25) is 0 Å². The smallest absolute Gasteiger partial charge is 0.187 e. The molecule has 22 heavy (non-hydrogen) atoms. The van der Waals surface area contributed by atoms with Crippen LogP contribution in [-0.4, -0.2) is 20.0 Å². The molecule has 2 aromatic carbocycles. The molecule has 4 rings (SSSR count). The van der Waals surface area contributed by atoms with Crippen molar-refractivity contribution in [3.8, 4) is 0 Å². The lowest BCUT2D eigenvalue weighted by atomic mass is 10.3. The van der Waals surface area contributed by atoms with Crippen molar-refractivity contribution in [2.75, 3.05) is 5.32 Å². The molecule has 0 radical (unpaired) electrons. The molecule has 0 saturated carbocycles. The summed E-state index contributed by atoms with van der Waals surface area (Å²) in [5, 5.41) is 14.6. The van der Waals surface area contributed by atoms with E-state index in [9.17, 15) is 0 Å². The van der Waals surface area contributed by atoms with Gasteiger partial charge in [0.15, 0.2) is 5.13 Å². The van der Waals surface area contributed by atoms with Gasteiger partial charge >= 0.3 is 0 Å². The summed E-state index contributed by atoms with van der Waals surface area (Å²) < 4.78 is 1.87. The van der Waals surface area contributed by atoms with Crippen molar-refractivity contribution >= 4 is 33.2 Å². The Morgan fingerprint density at radius 1 is 1.00 bits per heavy atom. The van der Waals surface area contributed by atoms with Crippen LogP contribution in [0.4, 0.5) is 10.8 Å². The average molecular weight is 307 g/mol. The molecule has 1 N–H and O–H groups in total. The molecule has 0 unspecified atom stereocenters. The number of thiazole rings is 1. The number of hydrogen-bond acceptors (Lipinski definition) is 5. The first-order valence-electron chi connectivity index (χ1n) is 6.93. The molecule has 0 spiro atoms. The second kappa shape index (κ2) is 5.57. The molecule has 4 aromatic rings. The number of para-hydroxylation sites is 2. The molecule has 0 atom stereocenters. The van der Waals surface area contributed by atoms with Gasteiger partial charge in [0, 0.05) is 11.1 Å². The number of rotatable bonds is 4. The van der Waals surface area contributed by atoms with E-state index in [-0.39, 0.29) is 0 Å². The van der Waals surface area contributed by atoms with E-state index < -0.39 is 0 Å². The van der Waals surface area contributed by atoms with E-state index in [4.69, 9.17) is 0 Å². The number of benzene rings is 2. The zero-order valence-corrected chi connectivity index (χ0v) is 12.5. The first kappa shape index (κ1) is 13.0. The van der Waals surface area contributed by atoms with Gasteiger partial charge in [0.2, 0.25) is 0 Å². The molecule has 108 valence electrons. The molecule has 0 aliphatic carbocycles. The second-order valence-electron chi connectivity index (χ2n) is 4.87. The van der Waals surface area contributed by atoms with E-state index in [0.29, 0.717) is 6.54 Å². The van der Waals surface area contributed by atoms with Crippen molar-refractivity contribution in [2.24, 2.45) is 0 Å². The van der Waals surface area contributed by atoms with Crippen molar-refractivity contribution in [1.29, 1.82) is 0 Å². The SMILES string of the molecule is c1ccc(Nc2nc(Cn3nnc4ccccc43)cs2)cc1. The standard InChI is InChI=1S/C16H13N5S/c1-2-6-12(7-3-1)17-16-18-13(11-22-16)10-21-15-9-5-4-8-14(15)19-20-21/h1-9,11H,10H2,(H,17,18). The third-order valence-corrected chi connectivity index (χ3v) is 4.12. The Morgan fingerprint density at radius 3 is 2.73 bits per heavy atom. The summed E-state index contributed by atoms with van der Waals surface area (Å²) in [7, 11) is 0. The van der Waals surface area contributed by atoms with Crippen molar-refractivity contribution in [3.05, 3.63) is 65.7 Å². The highest BCUT2D eigenvalue weighted by Crippen LogP contribution is 2.21. The fourth-order valence-electron chi connectivity index (χ4n) is 2.27. The van der Waals surface area contributed by atoms with Gasteiger partial charge in [-0.25, -0.2) is 9.67 Å². The van der Waals surface area contributed by atoms with Crippen LogP contribution in [0.5, 0.6) is 0 Å². The van der Waals surface area contributed by atoms with Gasteiger partial charge in [-0.15, -0.1) is 16.4 Å². The Morgan fingerprint density at radius 2 is 1.82 bits per heavy atom. The minimum Gasteiger partial charge on any atom is -0.332 e. The Hall–Kier alpha value is -2.73. The Kier molecular flexibility index (Phi) is 3.29. The molecular weight excluding hydrogens is 294 g/mol. The molecule has 2 heterocycles. The van der Waals surface area contributed by atoms with E-state index in [1.54, 1.807) is 11.3 Å². The number of nitrogens with one attached hydrogen (secondary N) is 1. The van der Waals surface area contributed by atoms with Crippen molar-refractivity contribution in [1.82, 2.24) is 20.0 Å². The quantitative estimate of drug-likeness (QED) is 0.625. The first-order valence-corrected chi connectivity index (χ1v) is 7.81. The summed E-state index contributed by atoms with van der Waals surface area (Å²) in [6, 6.07) is 18.0. The van der Waals surface area contributed by atoms with Crippen LogP contribution in [0.3, 0.4) is 0 Å². The van der Waals surface area contributed by atoms with Crippen LogP contribution in [0.25, 0.3) is 11.0 Å². The summed E-state index contributed by atoms with van der Waals surface area (Å²) in [4.78, 5) is 4.61. The molecule has 2 aromatic heterocycles. The zero-order chi connectivity index (χ0) is 14.8. The Labute approximate surface area is 131 Å². The van der Waals surface area contributed by atoms with E-state index >= 15 is 0 Å². The number of fused-ring (bicyclic) bond motifs is 1. The van der Waals surface area contributed by atoms with Gasteiger partial charge in [-0.05, 0) is 24.3 Å². The minimum absolute atomic E-state index is 0.619. The third kappa shape index (κ3) is 2.56. The van der Waals surface area contributed by atoms with Crippen LogP contribution >= 0.6 is 11.3 Å². The maximum absolute atomic E-state index is 4.61. The van der Waals surface area contributed by atoms with Crippen LogP contribution in [0.15, 0.2) is 60.0 Å². The van der Waals surface area contributed by atoms with E-state index in [1.165, 1.54) is 0 Å². The van der Waals surface area contributed by atoms with Crippen LogP contribution < -0.4 is 5.32 Å². The van der Waals surface area contributed by atoms with Gasteiger partial charge in [-0.2, -0.15) is 0 Å². The summed E-state index contributed by atoms with van der Waals surface area (Å²) in [5.74, 6) is 0. The van der Waals surface area contributed by atoms with Crippen LogP contribution in [-0.2, 0) is 6.54 Å². The topological polar surface area (TPSA) is 55.6 Å². The molecule has 0 fully saturated rings. The summed E-state index contributed by atoms with van der Waals surface area (Å²) in [5.41, 5.74) is 3.93. The van der Waals surface area contributed by atoms with Gasteiger partial charge in [0.05, 0.1) is 17.8 Å². The van der Waals surface area contributed by atoms with Gasteiger partial charge in [-0.1, -0.05) is 35.5 Å². The zero-order valence-electron chi connectivity index (χ0n) is 11.7. The molecule has 0 aliphatic rings. The number of nitrogens with zero attached hydrogens (tertiary/aromatic N) is 4. The van der Waals surface area contributed by atoms with E-state index in [1.807, 2.05) is 64.7 Å². The normalized spacial score (nSPS) is 10.9. The highest BCUT2D eigenvalue weighted by molar-refractivity contribution is 7.13. The van der Waals surface area contributed by atoms with Crippen LogP contribution in [0.1, 0.15) is 5.69 Å². The van der Waals surface area contributed by atoms with E-state index in [0.717, 1.165) is 27.5 Å². The van der Waals surface area contributed by atoms with Gasteiger partial charge < -0.3 is 5.32 Å². The predicted molar refractivity (Wildman–Crippen MR) is 88.5 cm³/mol. The molecule has 6 heteroatoms. The number of aromatic nitrogens is 4. The van der Waals surface area contributed by atoms with E-state index in [2.05, 4.69) is 20.6 Å². The molecule has 0 saturated heterocycles. The molecule has 0 aliphatic heterocycles. The fourth-order valence-corrected chi connectivity index (χ4v) is 2.99. The number of hydrogen-bond donors (Lipinski definition) is 1.